The maximum absolute atomic E-state index is 9.34. The molecule has 0 aliphatic heterocycles. The van der Waals surface area contributed by atoms with Gasteiger partial charge in [0.25, 0.3) is 5.89 Å². The quantitative estimate of drug-likeness (QED) is 0.920. The minimum absolute atomic E-state index is 0.0350. The average Bonchev–Trinajstić information content (AvgIpc) is 2.79. The lowest BCUT2D eigenvalue weighted by molar-refractivity contribution is 0.392. The van der Waals surface area contributed by atoms with E-state index in [1.54, 1.807) is 12.1 Å². The van der Waals surface area contributed by atoms with Crippen LogP contribution < -0.4 is 0 Å². The van der Waals surface area contributed by atoms with Crippen molar-refractivity contribution in [2.75, 3.05) is 20.6 Å². The largest absolute Gasteiger partial charge is 0.506 e. The fourth-order valence-corrected chi connectivity index (χ4v) is 1.62. The highest BCUT2D eigenvalue weighted by atomic mass is 35.5. The summed E-state index contributed by atoms with van der Waals surface area (Å²) in [5.74, 6) is 1.10. The highest BCUT2D eigenvalue weighted by molar-refractivity contribution is 6.32. The van der Waals surface area contributed by atoms with Crippen LogP contribution in [0.1, 0.15) is 5.82 Å². The number of phenolic OH excluding ortho intramolecular Hbond substituents is 1. The summed E-state index contributed by atoms with van der Waals surface area (Å²) in [7, 11) is 3.97. The Labute approximate surface area is 110 Å². The third kappa shape index (κ3) is 3.00. The van der Waals surface area contributed by atoms with Gasteiger partial charge in [0.15, 0.2) is 5.82 Å². The standard InChI is InChI=1S/C12H14ClN3O2/c1-16(2)6-5-11-14-12(18-15-11)8-3-4-10(17)9(13)7-8/h3-4,7,17H,5-6H2,1-2H3. The monoisotopic (exact) mass is 267 g/mol. The van der Waals surface area contributed by atoms with Gasteiger partial charge in [0, 0.05) is 18.5 Å². The zero-order chi connectivity index (χ0) is 13.1. The minimum atomic E-state index is 0.0350. The van der Waals surface area contributed by atoms with Crippen molar-refractivity contribution in [1.29, 1.82) is 0 Å². The van der Waals surface area contributed by atoms with E-state index in [0.29, 0.717) is 17.3 Å². The van der Waals surface area contributed by atoms with Gasteiger partial charge in [-0.25, -0.2) is 0 Å². The molecule has 0 aliphatic carbocycles. The molecule has 1 heterocycles. The average molecular weight is 268 g/mol. The van der Waals surface area contributed by atoms with Gasteiger partial charge in [-0.2, -0.15) is 4.98 Å². The second-order valence-electron chi connectivity index (χ2n) is 4.24. The second-order valence-corrected chi connectivity index (χ2v) is 4.64. The van der Waals surface area contributed by atoms with Gasteiger partial charge in [0.2, 0.25) is 0 Å². The summed E-state index contributed by atoms with van der Waals surface area (Å²) < 4.78 is 5.16. The molecule has 0 radical (unpaired) electrons. The van der Waals surface area contributed by atoms with Crippen LogP contribution in [0, 0.1) is 0 Å². The second kappa shape index (κ2) is 5.37. The Kier molecular flexibility index (Phi) is 3.84. The summed E-state index contributed by atoms with van der Waals surface area (Å²) in [5.41, 5.74) is 0.696. The predicted octanol–water partition coefficient (Wildman–Crippen LogP) is 2.20. The molecule has 0 saturated heterocycles. The van der Waals surface area contributed by atoms with Crippen LogP contribution in [0.5, 0.6) is 5.75 Å². The molecule has 1 aromatic heterocycles. The highest BCUT2D eigenvalue weighted by Gasteiger charge is 2.10. The number of nitrogens with zero attached hydrogens (tertiary/aromatic N) is 3. The van der Waals surface area contributed by atoms with E-state index in [-0.39, 0.29) is 10.8 Å². The third-order valence-corrected chi connectivity index (χ3v) is 2.75. The number of aromatic hydroxyl groups is 1. The smallest absolute Gasteiger partial charge is 0.257 e. The number of benzene rings is 1. The van der Waals surface area contributed by atoms with Gasteiger partial charge in [0.05, 0.1) is 5.02 Å². The van der Waals surface area contributed by atoms with E-state index in [2.05, 4.69) is 10.1 Å². The van der Waals surface area contributed by atoms with Crippen LogP contribution >= 0.6 is 11.6 Å². The molecule has 0 atom stereocenters. The summed E-state index contributed by atoms with van der Waals surface area (Å²) >= 11 is 5.83. The molecular weight excluding hydrogens is 254 g/mol. The summed E-state index contributed by atoms with van der Waals surface area (Å²) in [6, 6.07) is 4.78. The molecule has 0 amide bonds. The molecule has 0 saturated carbocycles. The van der Waals surface area contributed by atoms with Gasteiger partial charge in [-0.05, 0) is 32.3 Å². The first-order valence-electron chi connectivity index (χ1n) is 5.52. The normalized spacial score (nSPS) is 11.1. The van der Waals surface area contributed by atoms with Crippen molar-refractivity contribution in [3.05, 3.63) is 29.0 Å². The first-order chi connectivity index (χ1) is 8.56. The summed E-state index contributed by atoms with van der Waals surface area (Å²) in [6.07, 6.45) is 0.725. The lowest BCUT2D eigenvalue weighted by Gasteiger charge is -2.05. The maximum Gasteiger partial charge on any atom is 0.257 e. The molecular formula is C12H14ClN3O2. The van der Waals surface area contributed by atoms with Crippen molar-refractivity contribution in [2.24, 2.45) is 0 Å². The molecule has 0 fully saturated rings. The molecule has 0 spiro atoms. The Morgan fingerprint density at radius 1 is 1.39 bits per heavy atom. The van der Waals surface area contributed by atoms with Crippen molar-refractivity contribution in [3.8, 4) is 17.2 Å². The first kappa shape index (κ1) is 12.9. The molecule has 0 bridgehead atoms. The Morgan fingerprint density at radius 2 is 2.17 bits per heavy atom. The van der Waals surface area contributed by atoms with Crippen molar-refractivity contribution in [3.63, 3.8) is 0 Å². The van der Waals surface area contributed by atoms with E-state index in [9.17, 15) is 5.11 Å². The summed E-state index contributed by atoms with van der Waals surface area (Å²) in [4.78, 5) is 6.33. The number of rotatable bonds is 4. The van der Waals surface area contributed by atoms with Crippen LogP contribution in [0.2, 0.25) is 5.02 Å². The number of halogens is 1. The molecule has 96 valence electrons. The number of likely N-dealkylation sites (N-methyl/N-ethyl adjacent to an activating group) is 1. The maximum atomic E-state index is 9.34. The summed E-state index contributed by atoms with van der Waals surface area (Å²) in [6.45, 7) is 0.856. The topological polar surface area (TPSA) is 62.4 Å². The van der Waals surface area contributed by atoms with Crippen LogP contribution in [-0.4, -0.2) is 40.8 Å². The van der Waals surface area contributed by atoms with Gasteiger partial charge in [0.1, 0.15) is 5.75 Å². The minimum Gasteiger partial charge on any atom is -0.506 e. The number of hydrogen-bond donors (Lipinski definition) is 1. The molecule has 18 heavy (non-hydrogen) atoms. The van der Waals surface area contributed by atoms with E-state index in [1.165, 1.54) is 6.07 Å². The van der Waals surface area contributed by atoms with Crippen LogP contribution in [0.4, 0.5) is 0 Å². The van der Waals surface area contributed by atoms with Gasteiger partial charge in [-0.3, -0.25) is 0 Å². The van der Waals surface area contributed by atoms with Crippen LogP contribution in [-0.2, 0) is 6.42 Å². The Hall–Kier alpha value is -1.59. The Balaban J connectivity index is 2.16. The zero-order valence-electron chi connectivity index (χ0n) is 10.2. The van der Waals surface area contributed by atoms with Gasteiger partial charge in [-0.1, -0.05) is 16.8 Å². The molecule has 0 aliphatic rings. The lowest BCUT2D eigenvalue weighted by Crippen LogP contribution is -2.15. The lowest BCUT2D eigenvalue weighted by atomic mass is 10.2. The Morgan fingerprint density at radius 3 is 2.83 bits per heavy atom. The SMILES string of the molecule is CN(C)CCc1noc(-c2ccc(O)c(Cl)c2)n1. The van der Waals surface area contributed by atoms with Crippen molar-refractivity contribution in [2.45, 2.75) is 6.42 Å². The van der Waals surface area contributed by atoms with Crippen LogP contribution in [0.25, 0.3) is 11.5 Å². The van der Waals surface area contributed by atoms with E-state index >= 15 is 0 Å². The van der Waals surface area contributed by atoms with E-state index in [0.717, 1.165) is 13.0 Å². The van der Waals surface area contributed by atoms with Crippen molar-refractivity contribution in [1.82, 2.24) is 15.0 Å². The Bertz CT molecular complexity index is 540. The van der Waals surface area contributed by atoms with Gasteiger partial charge >= 0.3 is 0 Å². The fraction of sp³-hybridized carbons (Fsp3) is 0.333. The molecule has 6 heteroatoms. The molecule has 0 unspecified atom stereocenters. The third-order valence-electron chi connectivity index (χ3n) is 2.45. The molecule has 1 N–H and O–H groups in total. The highest BCUT2D eigenvalue weighted by Crippen LogP contribution is 2.28. The zero-order valence-corrected chi connectivity index (χ0v) is 11.0. The van der Waals surface area contributed by atoms with Crippen LogP contribution in [0.15, 0.2) is 22.7 Å². The summed E-state index contributed by atoms with van der Waals surface area (Å²) in [5, 5.41) is 13.5. The molecule has 2 aromatic rings. The van der Waals surface area contributed by atoms with E-state index in [1.807, 2.05) is 19.0 Å². The van der Waals surface area contributed by atoms with E-state index < -0.39 is 0 Å². The van der Waals surface area contributed by atoms with Gasteiger partial charge in [-0.15, -0.1) is 0 Å². The van der Waals surface area contributed by atoms with Crippen molar-refractivity contribution < 1.29 is 9.63 Å². The fourth-order valence-electron chi connectivity index (χ4n) is 1.44. The number of phenols is 1. The van der Waals surface area contributed by atoms with Gasteiger partial charge < -0.3 is 14.5 Å². The molecule has 1 aromatic carbocycles. The number of hydrogen-bond acceptors (Lipinski definition) is 5. The molecule has 5 nitrogen and oxygen atoms in total. The van der Waals surface area contributed by atoms with Crippen molar-refractivity contribution >= 4 is 11.6 Å². The van der Waals surface area contributed by atoms with Crippen LogP contribution in [0.3, 0.4) is 0 Å². The first-order valence-corrected chi connectivity index (χ1v) is 5.90. The number of aromatic nitrogens is 2. The van der Waals surface area contributed by atoms with E-state index in [4.69, 9.17) is 16.1 Å². The molecule has 2 rings (SSSR count). The predicted molar refractivity (Wildman–Crippen MR) is 68.7 cm³/mol.